The van der Waals surface area contributed by atoms with Crippen LogP contribution in [0.5, 0.6) is 28.7 Å². The van der Waals surface area contributed by atoms with Gasteiger partial charge in [-0.2, -0.15) is 0 Å². The minimum Gasteiger partial charge on any atom is -0.497 e. The molecule has 3 aromatic rings. The molecule has 8 nitrogen and oxygen atoms in total. The van der Waals surface area contributed by atoms with Crippen LogP contribution < -0.4 is 29.4 Å². The molecule has 0 saturated carbocycles. The van der Waals surface area contributed by atoms with Crippen molar-refractivity contribution in [3.05, 3.63) is 36.4 Å². The van der Waals surface area contributed by atoms with Crippen molar-refractivity contribution >= 4 is 5.95 Å². The number of aromatic nitrogens is 2. The molecule has 0 fully saturated rings. The number of anilines is 1. The SMILES string of the molecule is COc1ccc(-c2cc(-c3cc(OC)c(OC)c(OC)c3)nc(N)n2)c(OC)c1. The fourth-order valence-electron chi connectivity index (χ4n) is 2.99. The molecule has 2 N–H and O–H groups in total. The van der Waals surface area contributed by atoms with Crippen molar-refractivity contribution in [3.63, 3.8) is 0 Å². The second-order valence-electron chi connectivity index (χ2n) is 5.98. The largest absolute Gasteiger partial charge is 0.497 e. The van der Waals surface area contributed by atoms with Gasteiger partial charge in [0.05, 0.1) is 46.9 Å². The van der Waals surface area contributed by atoms with E-state index in [0.717, 1.165) is 11.1 Å². The van der Waals surface area contributed by atoms with Crippen LogP contribution >= 0.6 is 0 Å². The average Bonchev–Trinajstić information content (AvgIpc) is 2.76. The van der Waals surface area contributed by atoms with Crippen LogP contribution in [0.1, 0.15) is 0 Å². The molecule has 0 radical (unpaired) electrons. The van der Waals surface area contributed by atoms with E-state index in [1.807, 2.05) is 18.2 Å². The number of methoxy groups -OCH3 is 5. The summed E-state index contributed by atoms with van der Waals surface area (Å²) in [7, 11) is 7.85. The van der Waals surface area contributed by atoms with Gasteiger partial charge in [0.2, 0.25) is 11.7 Å². The van der Waals surface area contributed by atoms with E-state index in [2.05, 4.69) is 9.97 Å². The highest BCUT2D eigenvalue weighted by Gasteiger charge is 2.17. The number of nitrogens with zero attached hydrogens (tertiary/aromatic N) is 2. The summed E-state index contributed by atoms with van der Waals surface area (Å²) in [6, 6.07) is 10.9. The first-order valence-electron chi connectivity index (χ1n) is 8.72. The molecule has 1 heterocycles. The number of benzene rings is 2. The summed E-state index contributed by atoms with van der Waals surface area (Å²) in [5, 5.41) is 0. The molecule has 152 valence electrons. The van der Waals surface area contributed by atoms with Gasteiger partial charge in [0.1, 0.15) is 11.5 Å². The zero-order valence-electron chi connectivity index (χ0n) is 17.0. The van der Waals surface area contributed by atoms with Crippen LogP contribution in [0.25, 0.3) is 22.5 Å². The van der Waals surface area contributed by atoms with Crippen LogP contribution in [-0.2, 0) is 0 Å². The fraction of sp³-hybridized carbons (Fsp3) is 0.238. The molecule has 1 aromatic heterocycles. The molecule has 0 amide bonds. The monoisotopic (exact) mass is 397 g/mol. The summed E-state index contributed by atoms with van der Waals surface area (Å²) in [5.74, 6) is 2.95. The van der Waals surface area contributed by atoms with Crippen molar-refractivity contribution in [2.24, 2.45) is 0 Å². The summed E-state index contributed by atoms with van der Waals surface area (Å²) in [6.45, 7) is 0. The minimum absolute atomic E-state index is 0.129. The molecule has 3 rings (SSSR count). The number of hydrogen-bond acceptors (Lipinski definition) is 8. The maximum Gasteiger partial charge on any atom is 0.221 e. The van der Waals surface area contributed by atoms with Crippen LogP contribution in [0.4, 0.5) is 5.95 Å². The smallest absolute Gasteiger partial charge is 0.221 e. The zero-order chi connectivity index (χ0) is 21.0. The van der Waals surface area contributed by atoms with Crippen molar-refractivity contribution < 1.29 is 23.7 Å². The van der Waals surface area contributed by atoms with E-state index in [-0.39, 0.29) is 5.95 Å². The minimum atomic E-state index is 0.129. The number of nitrogens with two attached hydrogens (primary N) is 1. The third-order valence-electron chi connectivity index (χ3n) is 4.39. The Hall–Kier alpha value is -3.68. The van der Waals surface area contributed by atoms with Gasteiger partial charge in [-0.3, -0.25) is 0 Å². The van der Waals surface area contributed by atoms with E-state index < -0.39 is 0 Å². The first-order valence-corrected chi connectivity index (χ1v) is 8.72. The maximum atomic E-state index is 6.00. The third-order valence-corrected chi connectivity index (χ3v) is 4.39. The van der Waals surface area contributed by atoms with Crippen LogP contribution in [0.3, 0.4) is 0 Å². The number of ether oxygens (including phenoxy) is 5. The lowest BCUT2D eigenvalue weighted by atomic mass is 10.1. The summed E-state index contributed by atoms with van der Waals surface area (Å²) >= 11 is 0. The molecule has 2 aromatic carbocycles. The highest BCUT2D eigenvalue weighted by atomic mass is 16.5. The summed E-state index contributed by atoms with van der Waals surface area (Å²) in [5.41, 5.74) is 8.72. The predicted octanol–water partition coefficient (Wildman–Crippen LogP) is 3.44. The molecule has 8 heteroatoms. The number of hydrogen-bond donors (Lipinski definition) is 1. The topological polar surface area (TPSA) is 98.0 Å². The molecule has 0 saturated heterocycles. The van der Waals surface area contributed by atoms with E-state index in [0.29, 0.717) is 40.1 Å². The predicted molar refractivity (Wildman–Crippen MR) is 110 cm³/mol. The van der Waals surface area contributed by atoms with Crippen LogP contribution in [0.15, 0.2) is 36.4 Å². The summed E-state index contributed by atoms with van der Waals surface area (Å²) < 4.78 is 27.0. The molecule has 0 aliphatic carbocycles. The Morgan fingerprint density at radius 3 is 1.83 bits per heavy atom. The molecule has 0 unspecified atom stereocenters. The normalized spacial score (nSPS) is 10.4. The van der Waals surface area contributed by atoms with Crippen LogP contribution in [-0.4, -0.2) is 45.5 Å². The Morgan fingerprint density at radius 2 is 1.28 bits per heavy atom. The third kappa shape index (κ3) is 3.96. The highest BCUT2D eigenvalue weighted by Crippen LogP contribution is 2.41. The molecule has 29 heavy (non-hydrogen) atoms. The average molecular weight is 397 g/mol. The molecule has 0 aliphatic rings. The lowest BCUT2D eigenvalue weighted by Crippen LogP contribution is -2.01. The number of rotatable bonds is 7. The van der Waals surface area contributed by atoms with Gasteiger partial charge in [-0.25, -0.2) is 9.97 Å². The van der Waals surface area contributed by atoms with Crippen molar-refractivity contribution in [1.29, 1.82) is 0 Å². The van der Waals surface area contributed by atoms with Gasteiger partial charge in [-0.05, 0) is 30.3 Å². The van der Waals surface area contributed by atoms with Crippen molar-refractivity contribution in [2.45, 2.75) is 0 Å². The lowest BCUT2D eigenvalue weighted by Gasteiger charge is -2.15. The Bertz CT molecular complexity index is 998. The Labute approximate surface area is 169 Å². The Balaban J connectivity index is 2.16. The first-order chi connectivity index (χ1) is 14.0. The van der Waals surface area contributed by atoms with Gasteiger partial charge in [-0.1, -0.05) is 0 Å². The summed E-state index contributed by atoms with van der Waals surface area (Å²) in [4.78, 5) is 8.75. The van der Waals surface area contributed by atoms with Gasteiger partial charge in [0.25, 0.3) is 0 Å². The van der Waals surface area contributed by atoms with Crippen LogP contribution in [0.2, 0.25) is 0 Å². The summed E-state index contributed by atoms with van der Waals surface area (Å²) in [6.07, 6.45) is 0. The van der Waals surface area contributed by atoms with Crippen molar-refractivity contribution in [2.75, 3.05) is 41.3 Å². The van der Waals surface area contributed by atoms with Crippen molar-refractivity contribution in [1.82, 2.24) is 9.97 Å². The van der Waals surface area contributed by atoms with E-state index >= 15 is 0 Å². The van der Waals surface area contributed by atoms with E-state index in [1.165, 1.54) is 0 Å². The first kappa shape index (κ1) is 20.1. The van der Waals surface area contributed by atoms with E-state index in [1.54, 1.807) is 53.7 Å². The van der Waals surface area contributed by atoms with Gasteiger partial charge in [0, 0.05) is 17.2 Å². The van der Waals surface area contributed by atoms with E-state index in [9.17, 15) is 0 Å². The zero-order valence-corrected chi connectivity index (χ0v) is 17.0. The second-order valence-corrected chi connectivity index (χ2v) is 5.98. The highest BCUT2D eigenvalue weighted by molar-refractivity contribution is 5.76. The Kier molecular flexibility index (Phi) is 5.92. The van der Waals surface area contributed by atoms with Gasteiger partial charge in [-0.15, -0.1) is 0 Å². The standard InChI is InChI=1S/C21H23N3O5/c1-25-13-6-7-14(17(10-13)26-2)16-11-15(23-21(22)24-16)12-8-18(27-3)20(29-5)19(9-12)28-4/h6-11H,1-5H3,(H2,22,23,24). The Morgan fingerprint density at radius 1 is 0.655 bits per heavy atom. The maximum absolute atomic E-state index is 6.00. The quantitative estimate of drug-likeness (QED) is 0.647. The van der Waals surface area contributed by atoms with Gasteiger partial charge < -0.3 is 29.4 Å². The second kappa shape index (κ2) is 8.55. The molecule has 0 spiro atoms. The van der Waals surface area contributed by atoms with Crippen molar-refractivity contribution in [3.8, 4) is 51.3 Å². The molecular formula is C21H23N3O5. The van der Waals surface area contributed by atoms with Crippen LogP contribution in [0, 0.1) is 0 Å². The molecular weight excluding hydrogens is 374 g/mol. The molecule has 0 bridgehead atoms. The van der Waals surface area contributed by atoms with Gasteiger partial charge in [0.15, 0.2) is 11.5 Å². The molecule has 0 aliphatic heterocycles. The van der Waals surface area contributed by atoms with Gasteiger partial charge >= 0.3 is 0 Å². The molecule has 0 atom stereocenters. The number of nitrogen functional groups attached to an aromatic ring is 1. The van der Waals surface area contributed by atoms with E-state index in [4.69, 9.17) is 29.4 Å². The lowest BCUT2D eigenvalue weighted by molar-refractivity contribution is 0.324. The fourth-order valence-corrected chi connectivity index (χ4v) is 2.99.